The average molecular weight is 491 g/mol. The van der Waals surface area contributed by atoms with Gasteiger partial charge in [-0.1, -0.05) is 30.3 Å². The van der Waals surface area contributed by atoms with E-state index in [2.05, 4.69) is 6.07 Å². The molecule has 7 atom stereocenters. The third kappa shape index (κ3) is 3.94. The molecule has 1 aliphatic heterocycles. The Balaban J connectivity index is 1.22. The molecule has 0 spiro atoms. The largest absolute Gasteiger partial charge is 0.458 e. The molecule has 7 rings (SSSR count). The molecule has 1 aromatic rings. The zero-order chi connectivity index (χ0) is 25.2. The van der Waals surface area contributed by atoms with Crippen molar-refractivity contribution in [3.8, 4) is 6.07 Å². The maximum Gasteiger partial charge on any atom is 0.324 e. The second-order valence-corrected chi connectivity index (χ2v) is 12.8. The highest BCUT2D eigenvalue weighted by Gasteiger charge is 2.64. The lowest BCUT2D eigenvalue weighted by Gasteiger charge is -2.62. The van der Waals surface area contributed by atoms with Crippen molar-refractivity contribution in [1.82, 2.24) is 9.80 Å². The van der Waals surface area contributed by atoms with Crippen molar-refractivity contribution in [2.45, 2.75) is 87.6 Å². The third-order valence-corrected chi connectivity index (χ3v) is 9.97. The van der Waals surface area contributed by atoms with Crippen LogP contribution in [-0.2, 0) is 20.7 Å². The van der Waals surface area contributed by atoms with Crippen LogP contribution in [-0.4, -0.2) is 65.5 Å². The summed E-state index contributed by atoms with van der Waals surface area (Å²) in [5, 5.41) is 9.64. The van der Waals surface area contributed by atoms with E-state index in [0.29, 0.717) is 30.6 Å². The van der Waals surface area contributed by atoms with Crippen LogP contribution < -0.4 is 5.73 Å². The summed E-state index contributed by atoms with van der Waals surface area (Å²) in [7, 11) is 3.86. The van der Waals surface area contributed by atoms with Crippen LogP contribution in [0, 0.1) is 34.5 Å². The SMILES string of the molecule is CN(C)C(Cc1ccccc1)C(=O)OC12CC3CC(C1)CC(C(N)C(=O)N1C(C#N)CC4CC41)(C3)C2. The monoisotopic (exact) mass is 490 g/mol. The number of carbonyl (C=O) groups is 2. The number of esters is 1. The Morgan fingerprint density at radius 2 is 1.83 bits per heavy atom. The fourth-order valence-electron chi connectivity index (χ4n) is 8.64. The molecule has 6 aliphatic rings. The summed E-state index contributed by atoms with van der Waals surface area (Å²) in [6.45, 7) is 0. The van der Waals surface area contributed by atoms with E-state index < -0.39 is 11.6 Å². The van der Waals surface area contributed by atoms with E-state index in [1.54, 1.807) is 0 Å². The zero-order valence-electron chi connectivity index (χ0n) is 21.4. The minimum atomic E-state index is -0.634. The van der Waals surface area contributed by atoms with Crippen LogP contribution in [0.4, 0.5) is 0 Å². The quantitative estimate of drug-likeness (QED) is 0.590. The lowest BCUT2D eigenvalue weighted by atomic mass is 9.46. The van der Waals surface area contributed by atoms with E-state index in [4.69, 9.17) is 10.5 Å². The molecule has 5 aliphatic carbocycles. The van der Waals surface area contributed by atoms with Crippen LogP contribution in [0.2, 0.25) is 0 Å². The van der Waals surface area contributed by atoms with Gasteiger partial charge in [0, 0.05) is 6.04 Å². The van der Waals surface area contributed by atoms with Crippen molar-refractivity contribution >= 4 is 11.9 Å². The Morgan fingerprint density at radius 3 is 2.47 bits per heavy atom. The summed E-state index contributed by atoms with van der Waals surface area (Å²) in [6.07, 6.45) is 7.79. The van der Waals surface area contributed by atoms with Gasteiger partial charge in [0.2, 0.25) is 5.91 Å². The normalized spacial score (nSPS) is 39.4. The first-order valence-corrected chi connectivity index (χ1v) is 13.6. The molecule has 0 radical (unpaired) electrons. The number of ether oxygens (including phenoxy) is 1. The van der Waals surface area contributed by atoms with E-state index in [1.807, 2.05) is 54.2 Å². The van der Waals surface area contributed by atoms with Crippen molar-refractivity contribution in [1.29, 1.82) is 5.26 Å². The first kappa shape index (κ1) is 23.9. The first-order valence-electron chi connectivity index (χ1n) is 13.6. The van der Waals surface area contributed by atoms with Crippen LogP contribution >= 0.6 is 0 Å². The molecule has 7 nitrogen and oxygen atoms in total. The van der Waals surface area contributed by atoms with E-state index in [1.165, 1.54) is 0 Å². The van der Waals surface area contributed by atoms with Crippen LogP contribution in [0.3, 0.4) is 0 Å². The van der Waals surface area contributed by atoms with Crippen molar-refractivity contribution in [2.24, 2.45) is 28.9 Å². The smallest absolute Gasteiger partial charge is 0.324 e. The molecule has 6 fully saturated rings. The fourth-order valence-corrected chi connectivity index (χ4v) is 8.64. The van der Waals surface area contributed by atoms with Gasteiger partial charge in [-0.3, -0.25) is 14.5 Å². The summed E-state index contributed by atoms with van der Waals surface area (Å²) >= 11 is 0. The number of likely N-dealkylation sites (tertiary alicyclic amines) is 1. The van der Waals surface area contributed by atoms with Crippen molar-refractivity contribution in [3.63, 3.8) is 0 Å². The molecule has 1 saturated heterocycles. The van der Waals surface area contributed by atoms with Gasteiger partial charge in [-0.2, -0.15) is 5.26 Å². The average Bonchev–Trinajstić information content (AvgIpc) is 3.50. The molecule has 1 aromatic carbocycles. The lowest BCUT2D eigenvalue weighted by Crippen LogP contribution is -2.66. The molecule has 1 heterocycles. The maximum atomic E-state index is 13.7. The number of amides is 1. The number of fused-ring (bicyclic) bond motifs is 1. The highest BCUT2D eigenvalue weighted by atomic mass is 16.6. The molecule has 192 valence electrons. The van der Waals surface area contributed by atoms with Gasteiger partial charge in [-0.15, -0.1) is 0 Å². The van der Waals surface area contributed by atoms with E-state index in [0.717, 1.165) is 50.5 Å². The molecule has 7 unspecified atom stereocenters. The van der Waals surface area contributed by atoms with Gasteiger partial charge in [-0.05, 0) is 101 Å². The summed E-state index contributed by atoms with van der Waals surface area (Å²) in [4.78, 5) is 31.1. The molecule has 36 heavy (non-hydrogen) atoms. The van der Waals surface area contributed by atoms with Crippen LogP contribution in [0.25, 0.3) is 0 Å². The first-order chi connectivity index (χ1) is 17.2. The number of rotatable bonds is 7. The number of nitrogens with two attached hydrogens (primary N) is 1. The second kappa shape index (κ2) is 8.56. The molecule has 5 saturated carbocycles. The molecule has 7 heteroatoms. The van der Waals surface area contributed by atoms with Crippen molar-refractivity contribution in [2.75, 3.05) is 14.1 Å². The van der Waals surface area contributed by atoms with Gasteiger partial charge >= 0.3 is 5.97 Å². The molecule has 4 bridgehead atoms. The summed E-state index contributed by atoms with van der Waals surface area (Å²) in [6, 6.07) is 11.3. The van der Waals surface area contributed by atoms with Crippen LogP contribution in [0.1, 0.15) is 56.9 Å². The zero-order valence-corrected chi connectivity index (χ0v) is 21.4. The highest BCUT2D eigenvalue weighted by molar-refractivity contribution is 5.84. The van der Waals surface area contributed by atoms with Gasteiger partial charge in [-0.25, -0.2) is 0 Å². The maximum absolute atomic E-state index is 13.7. The Hall–Kier alpha value is -2.43. The Kier molecular flexibility index (Phi) is 5.69. The van der Waals surface area contributed by atoms with Gasteiger partial charge in [0.25, 0.3) is 0 Å². The van der Waals surface area contributed by atoms with E-state index in [-0.39, 0.29) is 35.4 Å². The minimum Gasteiger partial charge on any atom is -0.458 e. The number of hydrogen-bond donors (Lipinski definition) is 1. The molecule has 2 N–H and O–H groups in total. The predicted molar refractivity (Wildman–Crippen MR) is 134 cm³/mol. The Labute approximate surface area is 213 Å². The number of benzene rings is 1. The minimum absolute atomic E-state index is 0.0507. The highest BCUT2D eigenvalue weighted by Crippen LogP contribution is 2.64. The molecule has 1 amide bonds. The number of nitrogens with zero attached hydrogens (tertiary/aromatic N) is 3. The van der Waals surface area contributed by atoms with Gasteiger partial charge < -0.3 is 15.4 Å². The molecular formula is C29H38N4O3. The standard InChI is InChI=1S/C29H38N4O3/c1-32(2)24(9-18-6-4-3-5-7-18)27(35)36-29-14-19-8-20(15-29)13-28(12-19,17-29)25(31)26(34)33-22(16-30)10-21-11-23(21)33/h3-7,19-25H,8-15,17,31H2,1-2H3. The second-order valence-electron chi connectivity index (χ2n) is 12.8. The molecule has 0 aromatic heterocycles. The number of carbonyl (C=O) groups excluding carboxylic acids is 2. The van der Waals surface area contributed by atoms with Crippen molar-refractivity contribution < 1.29 is 14.3 Å². The summed E-state index contributed by atoms with van der Waals surface area (Å²) in [5.41, 5.74) is 7.07. The van der Waals surface area contributed by atoms with Crippen molar-refractivity contribution in [3.05, 3.63) is 35.9 Å². The number of hydrogen-bond acceptors (Lipinski definition) is 6. The summed E-state index contributed by atoms with van der Waals surface area (Å²) in [5.74, 6) is 1.12. The van der Waals surface area contributed by atoms with Gasteiger partial charge in [0.05, 0.1) is 12.1 Å². The summed E-state index contributed by atoms with van der Waals surface area (Å²) < 4.78 is 6.48. The van der Waals surface area contributed by atoms with Gasteiger partial charge in [0.15, 0.2) is 0 Å². The topological polar surface area (TPSA) is 99.7 Å². The lowest BCUT2D eigenvalue weighted by molar-refractivity contribution is -0.209. The Bertz CT molecular complexity index is 1070. The fraction of sp³-hybridized carbons (Fsp3) is 0.690. The Morgan fingerprint density at radius 1 is 1.14 bits per heavy atom. The number of nitriles is 1. The van der Waals surface area contributed by atoms with Crippen LogP contribution in [0.5, 0.6) is 0 Å². The van der Waals surface area contributed by atoms with E-state index in [9.17, 15) is 14.9 Å². The van der Waals surface area contributed by atoms with Crippen LogP contribution in [0.15, 0.2) is 30.3 Å². The van der Waals surface area contributed by atoms with E-state index >= 15 is 0 Å². The van der Waals surface area contributed by atoms with Gasteiger partial charge in [0.1, 0.15) is 17.7 Å². The number of likely N-dealkylation sites (N-methyl/N-ethyl adjacent to an activating group) is 1. The third-order valence-electron chi connectivity index (χ3n) is 9.97. The molecular weight excluding hydrogens is 452 g/mol. The predicted octanol–water partition coefficient (Wildman–Crippen LogP) is 2.88. The number of piperidine rings is 1.